The van der Waals surface area contributed by atoms with Crippen molar-refractivity contribution in [1.82, 2.24) is 25.1 Å². The zero-order chi connectivity index (χ0) is 17.2. The monoisotopic (exact) mass is 338 g/mol. The van der Waals surface area contributed by atoms with Crippen molar-refractivity contribution in [3.63, 3.8) is 0 Å². The average Bonchev–Trinajstić information content (AvgIpc) is 3.31. The zero-order valence-corrected chi connectivity index (χ0v) is 13.8. The molecule has 0 aromatic carbocycles. The van der Waals surface area contributed by atoms with E-state index in [4.69, 9.17) is 4.42 Å². The molecule has 1 aliphatic rings. The van der Waals surface area contributed by atoms with Crippen LogP contribution in [-0.2, 0) is 0 Å². The van der Waals surface area contributed by atoms with E-state index in [1.165, 1.54) is 0 Å². The minimum absolute atomic E-state index is 0.0183. The largest absolute Gasteiger partial charge is 0.399 e. The second-order valence-corrected chi connectivity index (χ2v) is 5.97. The predicted octanol–water partition coefficient (Wildman–Crippen LogP) is 2.07. The van der Waals surface area contributed by atoms with Gasteiger partial charge in [-0.05, 0) is 37.6 Å². The average molecular weight is 338 g/mol. The Labute approximate surface area is 144 Å². The Hall–Kier alpha value is -3.03. The van der Waals surface area contributed by atoms with Crippen molar-refractivity contribution in [1.29, 1.82) is 0 Å². The Bertz CT molecular complexity index is 909. The van der Waals surface area contributed by atoms with E-state index in [-0.39, 0.29) is 23.7 Å². The summed E-state index contributed by atoms with van der Waals surface area (Å²) in [5.74, 6) is -0.0330. The molecule has 1 saturated heterocycles. The number of hydrogen-bond donors (Lipinski definition) is 1. The van der Waals surface area contributed by atoms with Crippen molar-refractivity contribution < 1.29 is 9.21 Å². The number of nitrogens with zero attached hydrogens (tertiary/aromatic N) is 5. The third-order valence-electron chi connectivity index (χ3n) is 4.32. The van der Waals surface area contributed by atoms with Gasteiger partial charge in [-0.25, -0.2) is 9.97 Å². The molecule has 1 aliphatic heterocycles. The Balaban J connectivity index is 1.48. The number of pyridine rings is 2. The molecule has 0 bridgehead atoms. The van der Waals surface area contributed by atoms with Crippen molar-refractivity contribution in [2.24, 2.45) is 0 Å². The number of hydrogen-bond acceptors (Lipinski definition) is 7. The second-order valence-electron chi connectivity index (χ2n) is 5.97. The summed E-state index contributed by atoms with van der Waals surface area (Å²) >= 11 is 0. The molecule has 1 atom stereocenters. The molecular weight excluding hydrogens is 320 g/mol. The first-order chi connectivity index (χ1) is 12.2. The van der Waals surface area contributed by atoms with Gasteiger partial charge in [0.05, 0.1) is 0 Å². The predicted molar refractivity (Wildman–Crippen MR) is 91.3 cm³/mol. The molecule has 25 heavy (non-hydrogen) atoms. The lowest BCUT2D eigenvalue weighted by Crippen LogP contribution is -2.28. The van der Waals surface area contributed by atoms with Crippen LogP contribution in [0.3, 0.4) is 0 Å². The molecular formula is C17H18N6O2. The lowest BCUT2D eigenvalue weighted by molar-refractivity contribution is 0.0752. The number of anilines is 1. The van der Waals surface area contributed by atoms with E-state index in [9.17, 15) is 4.79 Å². The Morgan fingerprint density at radius 1 is 1.36 bits per heavy atom. The molecule has 0 saturated carbocycles. The van der Waals surface area contributed by atoms with E-state index >= 15 is 0 Å². The fourth-order valence-corrected chi connectivity index (χ4v) is 3.05. The van der Waals surface area contributed by atoms with E-state index in [0.717, 1.165) is 23.1 Å². The van der Waals surface area contributed by atoms with Gasteiger partial charge in [-0.15, -0.1) is 5.10 Å². The van der Waals surface area contributed by atoms with Crippen LogP contribution in [-0.4, -0.2) is 50.6 Å². The van der Waals surface area contributed by atoms with Crippen LogP contribution in [0, 0.1) is 0 Å². The molecule has 0 radical (unpaired) electrons. The number of amides is 1. The highest BCUT2D eigenvalue weighted by molar-refractivity contribution is 5.90. The van der Waals surface area contributed by atoms with Gasteiger partial charge in [0.2, 0.25) is 0 Å². The van der Waals surface area contributed by atoms with Crippen molar-refractivity contribution in [3.05, 3.63) is 42.0 Å². The SMILES string of the molecule is CCNc1nnc(C(=O)N2CCC(c3ccc4cccnc4n3)C2)o1. The number of carbonyl (C=O) groups is 1. The van der Waals surface area contributed by atoms with Gasteiger partial charge in [0.15, 0.2) is 5.65 Å². The fourth-order valence-electron chi connectivity index (χ4n) is 3.05. The number of carbonyl (C=O) groups excluding carboxylic acids is 1. The topological polar surface area (TPSA) is 97.0 Å². The molecule has 0 spiro atoms. The van der Waals surface area contributed by atoms with Gasteiger partial charge in [0.1, 0.15) is 0 Å². The highest BCUT2D eigenvalue weighted by Crippen LogP contribution is 2.28. The van der Waals surface area contributed by atoms with Crippen LogP contribution < -0.4 is 5.32 Å². The van der Waals surface area contributed by atoms with Crippen LogP contribution in [0.25, 0.3) is 11.0 Å². The molecule has 1 fully saturated rings. The van der Waals surface area contributed by atoms with Gasteiger partial charge in [-0.3, -0.25) is 4.79 Å². The first-order valence-electron chi connectivity index (χ1n) is 8.33. The summed E-state index contributed by atoms with van der Waals surface area (Å²) in [6.07, 6.45) is 2.59. The summed E-state index contributed by atoms with van der Waals surface area (Å²) in [5.41, 5.74) is 1.69. The van der Waals surface area contributed by atoms with Crippen molar-refractivity contribution in [2.75, 3.05) is 25.0 Å². The van der Waals surface area contributed by atoms with Gasteiger partial charge in [0, 0.05) is 42.8 Å². The molecule has 128 valence electrons. The van der Waals surface area contributed by atoms with Crippen LogP contribution in [0.5, 0.6) is 0 Å². The van der Waals surface area contributed by atoms with Crippen LogP contribution in [0.1, 0.15) is 35.6 Å². The number of aromatic nitrogens is 4. The molecule has 1 unspecified atom stereocenters. The number of likely N-dealkylation sites (tertiary alicyclic amines) is 1. The second kappa shape index (κ2) is 6.46. The fraction of sp³-hybridized carbons (Fsp3) is 0.353. The van der Waals surface area contributed by atoms with Crippen molar-refractivity contribution in [3.8, 4) is 0 Å². The summed E-state index contributed by atoms with van der Waals surface area (Å²) in [5, 5.41) is 11.5. The van der Waals surface area contributed by atoms with E-state index in [1.807, 2.05) is 31.2 Å². The summed E-state index contributed by atoms with van der Waals surface area (Å²) < 4.78 is 5.35. The van der Waals surface area contributed by atoms with Crippen LogP contribution >= 0.6 is 0 Å². The van der Waals surface area contributed by atoms with Crippen molar-refractivity contribution >= 4 is 23.0 Å². The van der Waals surface area contributed by atoms with E-state index in [1.54, 1.807) is 11.1 Å². The zero-order valence-electron chi connectivity index (χ0n) is 13.8. The molecule has 3 aromatic heterocycles. The summed E-state index contributed by atoms with van der Waals surface area (Å²) in [7, 11) is 0. The third kappa shape index (κ3) is 3.02. The van der Waals surface area contributed by atoms with E-state index in [0.29, 0.717) is 19.6 Å². The van der Waals surface area contributed by atoms with Gasteiger partial charge < -0.3 is 14.6 Å². The molecule has 8 heteroatoms. The van der Waals surface area contributed by atoms with Gasteiger partial charge in [-0.2, -0.15) is 0 Å². The summed E-state index contributed by atoms with van der Waals surface area (Å²) in [6.45, 7) is 3.80. The third-order valence-corrected chi connectivity index (χ3v) is 4.32. The molecule has 4 heterocycles. The first-order valence-corrected chi connectivity index (χ1v) is 8.33. The molecule has 3 aromatic rings. The smallest absolute Gasteiger partial charge is 0.315 e. The Morgan fingerprint density at radius 2 is 2.28 bits per heavy atom. The summed E-state index contributed by atoms with van der Waals surface area (Å²) in [6, 6.07) is 8.19. The highest BCUT2D eigenvalue weighted by Gasteiger charge is 2.31. The lowest BCUT2D eigenvalue weighted by atomic mass is 10.0. The maximum atomic E-state index is 12.5. The van der Waals surface area contributed by atoms with Crippen LogP contribution in [0.4, 0.5) is 6.01 Å². The standard InChI is InChI=1S/C17H18N6O2/c1-2-18-17-22-21-15(25-17)16(24)23-9-7-12(10-23)13-6-5-11-4-3-8-19-14(11)20-13/h3-6,8,12H,2,7,9-10H2,1H3,(H,18,22). The Kier molecular flexibility index (Phi) is 4.01. The normalized spacial score (nSPS) is 17.2. The number of fused-ring (bicyclic) bond motifs is 1. The molecule has 1 N–H and O–H groups in total. The minimum atomic E-state index is -0.238. The molecule has 0 aliphatic carbocycles. The lowest BCUT2D eigenvalue weighted by Gasteiger charge is -2.14. The minimum Gasteiger partial charge on any atom is -0.399 e. The summed E-state index contributed by atoms with van der Waals surface area (Å²) in [4.78, 5) is 23.2. The first kappa shape index (κ1) is 15.5. The number of nitrogens with one attached hydrogen (secondary N) is 1. The van der Waals surface area contributed by atoms with Crippen LogP contribution in [0.2, 0.25) is 0 Å². The van der Waals surface area contributed by atoms with Gasteiger partial charge >= 0.3 is 17.8 Å². The molecule has 1 amide bonds. The quantitative estimate of drug-likeness (QED) is 0.777. The van der Waals surface area contributed by atoms with Crippen LogP contribution in [0.15, 0.2) is 34.9 Å². The Morgan fingerprint density at radius 3 is 3.16 bits per heavy atom. The van der Waals surface area contributed by atoms with E-state index < -0.39 is 0 Å². The maximum absolute atomic E-state index is 12.5. The molecule has 4 rings (SSSR count). The van der Waals surface area contributed by atoms with Gasteiger partial charge in [-0.1, -0.05) is 5.10 Å². The maximum Gasteiger partial charge on any atom is 0.315 e. The number of rotatable bonds is 4. The van der Waals surface area contributed by atoms with Gasteiger partial charge in [0.25, 0.3) is 0 Å². The molecule has 8 nitrogen and oxygen atoms in total. The van der Waals surface area contributed by atoms with Crippen molar-refractivity contribution in [2.45, 2.75) is 19.3 Å². The highest BCUT2D eigenvalue weighted by atomic mass is 16.4. The van der Waals surface area contributed by atoms with E-state index in [2.05, 4.69) is 25.5 Å².